The van der Waals surface area contributed by atoms with E-state index in [4.69, 9.17) is 18.9 Å². The van der Waals surface area contributed by atoms with Crippen LogP contribution >= 0.6 is 0 Å². The molecule has 2 saturated heterocycles. The van der Waals surface area contributed by atoms with Crippen molar-refractivity contribution in [3.05, 3.63) is 181 Å². The van der Waals surface area contributed by atoms with Crippen molar-refractivity contribution in [1.29, 1.82) is 0 Å². The Balaban J connectivity index is 0.000000174. The molecule has 0 aromatic heterocycles. The fourth-order valence-electron chi connectivity index (χ4n) is 7.78. The molecule has 7 heteroatoms. The number of ether oxygens (including phenoxy) is 4. The van der Waals surface area contributed by atoms with E-state index in [1.54, 1.807) is 0 Å². The van der Waals surface area contributed by atoms with Crippen LogP contribution in [0.3, 0.4) is 0 Å². The van der Waals surface area contributed by atoms with Gasteiger partial charge in [0.25, 0.3) is 0 Å². The summed E-state index contributed by atoms with van der Waals surface area (Å²) < 4.78 is 39.7. The summed E-state index contributed by atoms with van der Waals surface area (Å²) in [5, 5.41) is 6.69. The standard InChI is InChI=1S/C25H27FO2Si.C25H28O2Si/c26-29(22-9-3-1-4-10-22,23-11-5-2-6-12-23)24-16-14-21(15-17-24)18-20-28-25-13-7-8-19-27-25;1-3-9-22(10-4-1)28(23-11-5-2-6-12-23)24-16-14-21(15-17-24)18-20-27-25-13-7-8-19-26-25/h1-6,9-12,14-17,25H,7-8,13,18-20H2;1-6,9-12,14-17,25,28H,7-8,13,18-20H2. The molecule has 57 heavy (non-hydrogen) atoms. The van der Waals surface area contributed by atoms with Gasteiger partial charge >= 0.3 is 8.41 Å². The zero-order chi connectivity index (χ0) is 39.0. The lowest BCUT2D eigenvalue weighted by molar-refractivity contribution is -0.161. The zero-order valence-electron chi connectivity index (χ0n) is 32.9. The van der Waals surface area contributed by atoms with Crippen LogP contribution in [0.15, 0.2) is 170 Å². The molecule has 2 aliphatic rings. The first-order valence-corrected chi connectivity index (χ1v) is 24.3. The summed E-state index contributed by atoms with van der Waals surface area (Å²) in [6.45, 7) is 2.98. The summed E-state index contributed by atoms with van der Waals surface area (Å²) in [5.74, 6) is 0. The van der Waals surface area contributed by atoms with Gasteiger partial charge in [-0.2, -0.15) is 0 Å². The molecule has 2 fully saturated rings. The van der Waals surface area contributed by atoms with E-state index < -0.39 is 17.2 Å². The predicted molar refractivity (Wildman–Crippen MR) is 237 cm³/mol. The Kier molecular flexibility index (Phi) is 15.2. The van der Waals surface area contributed by atoms with E-state index in [0.29, 0.717) is 6.61 Å². The third-order valence-electron chi connectivity index (χ3n) is 10.9. The smallest absolute Gasteiger partial charge is 0.339 e. The summed E-state index contributed by atoms with van der Waals surface area (Å²) >= 11 is 0. The molecule has 0 N–H and O–H groups in total. The molecule has 6 aromatic rings. The van der Waals surface area contributed by atoms with Crippen LogP contribution in [-0.2, 0) is 31.8 Å². The molecule has 2 atom stereocenters. The molecule has 0 radical (unpaired) electrons. The van der Waals surface area contributed by atoms with Gasteiger partial charge in [0.1, 0.15) is 8.80 Å². The van der Waals surface area contributed by atoms with Crippen LogP contribution in [-0.4, -0.2) is 56.2 Å². The van der Waals surface area contributed by atoms with E-state index >= 15 is 4.11 Å². The topological polar surface area (TPSA) is 36.9 Å². The minimum absolute atomic E-state index is 0.000900. The van der Waals surface area contributed by atoms with Gasteiger partial charge in [0.05, 0.1) is 13.2 Å². The van der Waals surface area contributed by atoms with Crippen molar-refractivity contribution in [2.45, 2.75) is 63.9 Å². The van der Waals surface area contributed by atoms with Crippen LogP contribution in [0, 0.1) is 0 Å². The summed E-state index contributed by atoms with van der Waals surface area (Å²) in [7, 11) is -4.94. The first kappa shape index (κ1) is 40.7. The largest absolute Gasteiger partial charge is 0.353 e. The molecule has 0 aliphatic carbocycles. The van der Waals surface area contributed by atoms with E-state index in [-0.39, 0.29) is 12.6 Å². The highest BCUT2D eigenvalue weighted by molar-refractivity contribution is 7.06. The van der Waals surface area contributed by atoms with Gasteiger partial charge in [-0.05, 0) is 78.1 Å². The van der Waals surface area contributed by atoms with Gasteiger partial charge in [-0.3, -0.25) is 4.11 Å². The fraction of sp³-hybridized carbons (Fsp3) is 0.280. The number of benzene rings is 6. The first-order chi connectivity index (χ1) is 28.2. The lowest BCUT2D eigenvalue weighted by Crippen LogP contribution is -2.63. The number of rotatable bonds is 14. The highest BCUT2D eigenvalue weighted by Crippen LogP contribution is 2.16. The molecular weight excluding hydrogens is 740 g/mol. The molecule has 2 unspecified atom stereocenters. The lowest BCUT2D eigenvalue weighted by atomic mass is 10.1. The molecule has 4 nitrogen and oxygen atoms in total. The van der Waals surface area contributed by atoms with Crippen LogP contribution in [0.5, 0.6) is 0 Å². The molecule has 8 rings (SSSR count). The average molecular weight is 795 g/mol. The SMILES string of the molecule is F[Si](c1ccccc1)(c1ccccc1)c1ccc(CCOC2CCCCO2)cc1.c1ccc([SiH](c2ccccc2)c2ccc(CCOC3CCCCO3)cc2)cc1. The zero-order valence-corrected chi connectivity index (χ0v) is 35.0. The van der Waals surface area contributed by atoms with Gasteiger partial charge in [-0.15, -0.1) is 0 Å². The van der Waals surface area contributed by atoms with Crippen LogP contribution < -0.4 is 31.1 Å². The van der Waals surface area contributed by atoms with E-state index in [9.17, 15) is 0 Å². The molecule has 294 valence electrons. The van der Waals surface area contributed by atoms with Crippen molar-refractivity contribution in [2.24, 2.45) is 0 Å². The quantitative estimate of drug-likeness (QED) is 0.0697. The molecule has 0 bridgehead atoms. The fourth-order valence-corrected chi connectivity index (χ4v) is 13.7. The number of hydrogen-bond acceptors (Lipinski definition) is 4. The Labute approximate surface area is 341 Å². The summed E-state index contributed by atoms with van der Waals surface area (Å²) in [4.78, 5) is 0. The van der Waals surface area contributed by atoms with Crippen LogP contribution in [0.4, 0.5) is 4.11 Å². The first-order valence-electron chi connectivity index (χ1n) is 20.7. The van der Waals surface area contributed by atoms with Gasteiger partial charge < -0.3 is 18.9 Å². The van der Waals surface area contributed by atoms with Crippen molar-refractivity contribution in [2.75, 3.05) is 26.4 Å². The summed E-state index contributed by atoms with van der Waals surface area (Å²) in [6.07, 6.45) is 8.34. The Morgan fingerprint density at radius 2 is 0.825 bits per heavy atom. The molecule has 2 aliphatic heterocycles. The molecule has 6 aromatic carbocycles. The number of hydrogen-bond donors (Lipinski definition) is 0. The molecule has 0 spiro atoms. The van der Waals surface area contributed by atoms with Gasteiger partial charge in [0.2, 0.25) is 0 Å². The predicted octanol–water partition coefficient (Wildman–Crippen LogP) is 6.73. The summed E-state index contributed by atoms with van der Waals surface area (Å²) in [5.41, 5.74) is 2.48. The van der Waals surface area contributed by atoms with Gasteiger partial charge in [-0.1, -0.05) is 185 Å². The van der Waals surface area contributed by atoms with Crippen molar-refractivity contribution < 1.29 is 23.1 Å². The van der Waals surface area contributed by atoms with Gasteiger partial charge in [-0.25, -0.2) is 0 Å². The van der Waals surface area contributed by atoms with Crippen molar-refractivity contribution in [1.82, 2.24) is 0 Å². The average Bonchev–Trinajstić information content (AvgIpc) is 3.29. The third kappa shape index (κ3) is 11.3. The van der Waals surface area contributed by atoms with E-state index in [0.717, 1.165) is 79.5 Å². The molecule has 0 saturated carbocycles. The van der Waals surface area contributed by atoms with Crippen LogP contribution in [0.1, 0.15) is 49.7 Å². The minimum Gasteiger partial charge on any atom is -0.353 e. The van der Waals surface area contributed by atoms with E-state index in [1.807, 2.05) is 84.9 Å². The van der Waals surface area contributed by atoms with Gasteiger partial charge in [0, 0.05) is 13.2 Å². The van der Waals surface area contributed by atoms with Gasteiger partial charge in [0.15, 0.2) is 12.6 Å². The molecular formula is C50H55FO4Si2. The van der Waals surface area contributed by atoms with Crippen molar-refractivity contribution >= 4 is 48.3 Å². The molecule has 0 amide bonds. The van der Waals surface area contributed by atoms with Crippen molar-refractivity contribution in [3.8, 4) is 0 Å². The Morgan fingerprint density at radius 1 is 0.456 bits per heavy atom. The monoisotopic (exact) mass is 794 g/mol. The highest BCUT2D eigenvalue weighted by Gasteiger charge is 2.41. The maximum atomic E-state index is 16.7. The minimum atomic E-state index is -3.51. The highest BCUT2D eigenvalue weighted by atomic mass is 28.4. The van der Waals surface area contributed by atoms with E-state index in [1.165, 1.54) is 34.0 Å². The third-order valence-corrected chi connectivity index (χ3v) is 17.5. The second-order valence-electron chi connectivity index (χ2n) is 14.9. The Morgan fingerprint density at radius 3 is 1.23 bits per heavy atom. The number of halogens is 1. The van der Waals surface area contributed by atoms with E-state index in [2.05, 4.69) is 84.9 Å². The van der Waals surface area contributed by atoms with Crippen LogP contribution in [0.25, 0.3) is 0 Å². The normalized spacial score (nSPS) is 17.1. The Hall–Kier alpha value is -4.48. The lowest BCUT2D eigenvalue weighted by Gasteiger charge is -2.24. The maximum Gasteiger partial charge on any atom is 0.339 e. The summed E-state index contributed by atoms with van der Waals surface area (Å²) in [6, 6.07) is 58.2. The Bertz CT molecular complexity index is 1930. The maximum absolute atomic E-state index is 16.7. The van der Waals surface area contributed by atoms with Crippen molar-refractivity contribution in [3.63, 3.8) is 0 Å². The van der Waals surface area contributed by atoms with Crippen LogP contribution in [0.2, 0.25) is 0 Å². The second-order valence-corrected chi connectivity index (χ2v) is 20.8. The second kappa shape index (κ2) is 21.3. The molecule has 2 heterocycles.